The summed E-state index contributed by atoms with van der Waals surface area (Å²) in [7, 11) is 0. The molecule has 2 rings (SSSR count). The summed E-state index contributed by atoms with van der Waals surface area (Å²) in [5.74, 6) is 0.579. The van der Waals surface area contributed by atoms with Crippen LogP contribution in [0.25, 0.3) is 11.1 Å². The molecule has 0 amide bonds. The largest absolute Gasteiger partial charge is 0.423 e. The van der Waals surface area contributed by atoms with E-state index >= 15 is 0 Å². The maximum atomic E-state index is 5.70. The van der Waals surface area contributed by atoms with E-state index in [1.54, 1.807) is 6.07 Å². The number of nitrogens with two attached hydrogens (primary N) is 1. The van der Waals surface area contributed by atoms with Gasteiger partial charge < -0.3 is 15.5 Å². The molecule has 0 radical (unpaired) electrons. The Morgan fingerprint density at radius 1 is 1.41 bits per heavy atom. The van der Waals surface area contributed by atoms with Crippen molar-refractivity contribution in [1.29, 1.82) is 0 Å². The van der Waals surface area contributed by atoms with Crippen molar-refractivity contribution in [2.45, 2.75) is 33.2 Å². The summed E-state index contributed by atoms with van der Waals surface area (Å²) in [6.07, 6.45) is 1.13. The standard InChI is InChI=1S/C13H19N3O/c1-4-8(2)9(3)15-13-16-11-6-5-10(14)7-12(11)17-13/h5-9H,4,14H2,1-3H3,(H,15,16). The number of nitrogens with zero attached hydrogens (tertiary/aromatic N) is 1. The molecular formula is C13H19N3O. The quantitative estimate of drug-likeness (QED) is 0.795. The molecule has 4 heteroatoms. The fourth-order valence-electron chi connectivity index (χ4n) is 1.69. The lowest BCUT2D eigenvalue weighted by atomic mass is 10.0. The van der Waals surface area contributed by atoms with Crippen molar-refractivity contribution >= 4 is 22.8 Å². The zero-order chi connectivity index (χ0) is 12.4. The van der Waals surface area contributed by atoms with Gasteiger partial charge in [0, 0.05) is 17.8 Å². The average Bonchev–Trinajstić information content (AvgIpc) is 2.69. The van der Waals surface area contributed by atoms with Gasteiger partial charge >= 0.3 is 0 Å². The molecule has 2 aromatic rings. The van der Waals surface area contributed by atoms with E-state index in [2.05, 4.69) is 31.1 Å². The van der Waals surface area contributed by atoms with Crippen LogP contribution < -0.4 is 11.1 Å². The van der Waals surface area contributed by atoms with Crippen molar-refractivity contribution in [3.63, 3.8) is 0 Å². The number of rotatable bonds is 4. The summed E-state index contributed by atoms with van der Waals surface area (Å²) < 4.78 is 5.61. The smallest absolute Gasteiger partial charge is 0.295 e. The van der Waals surface area contributed by atoms with Gasteiger partial charge in [-0.2, -0.15) is 4.98 Å². The van der Waals surface area contributed by atoms with Gasteiger partial charge in [0.2, 0.25) is 0 Å². The molecule has 0 bridgehead atoms. The van der Waals surface area contributed by atoms with Gasteiger partial charge in [0.1, 0.15) is 5.52 Å². The molecule has 4 nitrogen and oxygen atoms in total. The van der Waals surface area contributed by atoms with Crippen LogP contribution in [-0.2, 0) is 0 Å². The molecule has 1 heterocycles. The molecule has 0 aliphatic heterocycles. The molecule has 0 aliphatic rings. The van der Waals surface area contributed by atoms with Crippen LogP contribution in [0.1, 0.15) is 27.2 Å². The van der Waals surface area contributed by atoms with E-state index in [1.807, 2.05) is 12.1 Å². The Balaban J connectivity index is 2.19. The number of fused-ring (bicyclic) bond motifs is 1. The minimum Gasteiger partial charge on any atom is -0.423 e. The van der Waals surface area contributed by atoms with Gasteiger partial charge in [-0.1, -0.05) is 20.3 Å². The average molecular weight is 233 g/mol. The molecule has 2 atom stereocenters. The van der Waals surface area contributed by atoms with Crippen LogP contribution in [0.4, 0.5) is 11.7 Å². The van der Waals surface area contributed by atoms with Crippen LogP contribution in [0.3, 0.4) is 0 Å². The molecule has 1 aromatic heterocycles. The van der Waals surface area contributed by atoms with E-state index in [-0.39, 0.29) is 0 Å². The van der Waals surface area contributed by atoms with Gasteiger partial charge in [-0.3, -0.25) is 0 Å². The van der Waals surface area contributed by atoms with Crippen LogP contribution in [-0.4, -0.2) is 11.0 Å². The molecule has 0 aliphatic carbocycles. The number of nitrogen functional groups attached to an aromatic ring is 1. The number of hydrogen-bond donors (Lipinski definition) is 2. The molecular weight excluding hydrogens is 214 g/mol. The highest BCUT2D eigenvalue weighted by Crippen LogP contribution is 2.22. The first kappa shape index (κ1) is 11.8. The molecule has 0 spiro atoms. The summed E-state index contributed by atoms with van der Waals surface area (Å²) in [6, 6.07) is 6.39. The summed E-state index contributed by atoms with van der Waals surface area (Å²) in [4.78, 5) is 4.38. The van der Waals surface area contributed by atoms with E-state index in [0.29, 0.717) is 23.7 Å². The topological polar surface area (TPSA) is 64.1 Å². The second-order valence-electron chi connectivity index (χ2n) is 4.56. The van der Waals surface area contributed by atoms with Crippen molar-refractivity contribution in [2.24, 2.45) is 5.92 Å². The van der Waals surface area contributed by atoms with Gasteiger partial charge in [0.05, 0.1) is 0 Å². The summed E-state index contributed by atoms with van der Waals surface area (Å²) in [6.45, 7) is 6.52. The Morgan fingerprint density at radius 3 is 2.88 bits per heavy atom. The highest BCUT2D eigenvalue weighted by molar-refractivity contribution is 5.78. The zero-order valence-electron chi connectivity index (χ0n) is 10.5. The molecule has 3 N–H and O–H groups in total. The normalized spacial score (nSPS) is 14.8. The van der Waals surface area contributed by atoms with Gasteiger partial charge in [-0.15, -0.1) is 0 Å². The van der Waals surface area contributed by atoms with Crippen LogP contribution in [0.2, 0.25) is 0 Å². The maximum Gasteiger partial charge on any atom is 0.295 e. The van der Waals surface area contributed by atoms with E-state index in [1.165, 1.54) is 0 Å². The minimum atomic E-state index is 0.338. The van der Waals surface area contributed by atoms with E-state index in [0.717, 1.165) is 17.5 Å². The number of aromatic nitrogens is 1. The third kappa shape index (κ3) is 2.52. The number of hydrogen-bond acceptors (Lipinski definition) is 4. The first-order valence-electron chi connectivity index (χ1n) is 6.02. The zero-order valence-corrected chi connectivity index (χ0v) is 10.5. The fourth-order valence-corrected chi connectivity index (χ4v) is 1.69. The summed E-state index contributed by atoms with van der Waals surface area (Å²) >= 11 is 0. The van der Waals surface area contributed by atoms with Crippen molar-refractivity contribution in [2.75, 3.05) is 11.1 Å². The number of benzene rings is 1. The second-order valence-corrected chi connectivity index (χ2v) is 4.56. The van der Waals surface area contributed by atoms with Gasteiger partial charge in [-0.05, 0) is 25.0 Å². The van der Waals surface area contributed by atoms with Gasteiger partial charge in [0.15, 0.2) is 5.58 Å². The molecule has 1 aromatic carbocycles. The third-order valence-electron chi connectivity index (χ3n) is 3.26. The Bertz CT molecular complexity index is 506. The highest BCUT2D eigenvalue weighted by atomic mass is 16.4. The van der Waals surface area contributed by atoms with Gasteiger partial charge in [-0.25, -0.2) is 0 Å². The van der Waals surface area contributed by atoms with Crippen molar-refractivity contribution in [3.8, 4) is 0 Å². The lowest BCUT2D eigenvalue weighted by Gasteiger charge is -2.18. The molecule has 92 valence electrons. The minimum absolute atomic E-state index is 0.338. The highest BCUT2D eigenvalue weighted by Gasteiger charge is 2.13. The fraction of sp³-hybridized carbons (Fsp3) is 0.462. The number of anilines is 2. The molecule has 0 saturated carbocycles. The predicted molar refractivity (Wildman–Crippen MR) is 71.0 cm³/mol. The molecule has 2 unspecified atom stereocenters. The monoisotopic (exact) mass is 233 g/mol. The third-order valence-corrected chi connectivity index (χ3v) is 3.26. The van der Waals surface area contributed by atoms with Crippen molar-refractivity contribution < 1.29 is 4.42 Å². The first-order chi connectivity index (χ1) is 8.10. The number of oxazole rings is 1. The summed E-state index contributed by atoms with van der Waals surface area (Å²) in [5, 5.41) is 3.28. The van der Waals surface area contributed by atoms with Crippen molar-refractivity contribution in [3.05, 3.63) is 18.2 Å². The summed E-state index contributed by atoms with van der Waals surface area (Å²) in [5.41, 5.74) is 7.94. The SMILES string of the molecule is CCC(C)C(C)Nc1nc2ccc(N)cc2o1. The van der Waals surface area contributed by atoms with Crippen LogP contribution >= 0.6 is 0 Å². The lowest BCUT2D eigenvalue weighted by molar-refractivity contribution is 0.478. The van der Waals surface area contributed by atoms with Crippen LogP contribution in [0.15, 0.2) is 22.6 Å². The number of nitrogens with one attached hydrogen (secondary N) is 1. The van der Waals surface area contributed by atoms with Crippen LogP contribution in [0, 0.1) is 5.92 Å². The van der Waals surface area contributed by atoms with Gasteiger partial charge in [0.25, 0.3) is 6.01 Å². The first-order valence-corrected chi connectivity index (χ1v) is 6.02. The molecule has 17 heavy (non-hydrogen) atoms. The second kappa shape index (κ2) is 4.65. The Kier molecular flexibility index (Phi) is 3.22. The Morgan fingerprint density at radius 2 is 2.18 bits per heavy atom. The lowest BCUT2D eigenvalue weighted by Crippen LogP contribution is -2.23. The van der Waals surface area contributed by atoms with Crippen LogP contribution in [0.5, 0.6) is 0 Å². The van der Waals surface area contributed by atoms with E-state index < -0.39 is 0 Å². The Labute approximate surface area is 101 Å². The predicted octanol–water partition coefficient (Wildman–Crippen LogP) is 3.26. The van der Waals surface area contributed by atoms with E-state index in [9.17, 15) is 0 Å². The molecule has 0 saturated heterocycles. The van der Waals surface area contributed by atoms with E-state index in [4.69, 9.17) is 10.2 Å². The van der Waals surface area contributed by atoms with Crippen molar-refractivity contribution in [1.82, 2.24) is 4.98 Å². The maximum absolute atomic E-state index is 5.70. The Hall–Kier alpha value is -1.71. The molecule has 0 fully saturated rings.